The van der Waals surface area contributed by atoms with E-state index < -0.39 is 5.82 Å². The Balaban J connectivity index is 1.64. The summed E-state index contributed by atoms with van der Waals surface area (Å²) in [4.78, 5) is 16.6. The number of aromatic nitrogens is 4. The molecule has 32 heavy (non-hydrogen) atoms. The van der Waals surface area contributed by atoms with Crippen molar-refractivity contribution in [1.82, 2.24) is 19.7 Å². The molecule has 0 radical (unpaired) electrons. The van der Waals surface area contributed by atoms with Crippen molar-refractivity contribution in [2.75, 3.05) is 17.7 Å². The molecule has 7 nitrogen and oxygen atoms in total. The van der Waals surface area contributed by atoms with E-state index in [0.717, 1.165) is 11.3 Å². The van der Waals surface area contributed by atoms with Crippen LogP contribution in [0.15, 0.2) is 78.2 Å². The van der Waals surface area contributed by atoms with Gasteiger partial charge < -0.3 is 10.1 Å². The SMILES string of the molecule is CCOc1ccccc1-n1c(SCC(=O)Nc2cccc(F)c2)nnc1-c1cccnc1. The van der Waals surface area contributed by atoms with Crippen LogP contribution in [0.25, 0.3) is 17.1 Å². The zero-order chi connectivity index (χ0) is 22.3. The molecule has 0 saturated carbocycles. The average molecular weight is 450 g/mol. The van der Waals surface area contributed by atoms with Crippen LogP contribution in [0, 0.1) is 5.82 Å². The number of thioether (sulfide) groups is 1. The second kappa shape index (κ2) is 10.1. The molecule has 0 bridgehead atoms. The van der Waals surface area contributed by atoms with Gasteiger partial charge in [0.2, 0.25) is 5.91 Å². The summed E-state index contributed by atoms with van der Waals surface area (Å²) >= 11 is 1.22. The van der Waals surface area contributed by atoms with Gasteiger partial charge in [-0.15, -0.1) is 10.2 Å². The molecule has 2 heterocycles. The van der Waals surface area contributed by atoms with Crippen LogP contribution in [-0.2, 0) is 4.79 Å². The Morgan fingerprint density at radius 2 is 2.00 bits per heavy atom. The molecule has 0 saturated heterocycles. The van der Waals surface area contributed by atoms with E-state index in [9.17, 15) is 9.18 Å². The van der Waals surface area contributed by atoms with Crippen LogP contribution in [0.2, 0.25) is 0 Å². The van der Waals surface area contributed by atoms with Crippen LogP contribution in [0.4, 0.5) is 10.1 Å². The highest BCUT2D eigenvalue weighted by molar-refractivity contribution is 7.99. The minimum Gasteiger partial charge on any atom is -0.492 e. The summed E-state index contributed by atoms with van der Waals surface area (Å²) in [6.45, 7) is 2.41. The monoisotopic (exact) mass is 449 g/mol. The molecule has 2 aromatic heterocycles. The predicted molar refractivity (Wildman–Crippen MR) is 122 cm³/mol. The van der Waals surface area contributed by atoms with E-state index in [2.05, 4.69) is 20.5 Å². The summed E-state index contributed by atoms with van der Waals surface area (Å²) in [6, 6.07) is 17.0. The Kier molecular flexibility index (Phi) is 6.76. The van der Waals surface area contributed by atoms with Gasteiger partial charge in [-0.25, -0.2) is 4.39 Å². The highest BCUT2D eigenvalue weighted by atomic mass is 32.2. The first-order valence-electron chi connectivity index (χ1n) is 9.92. The summed E-state index contributed by atoms with van der Waals surface area (Å²) in [7, 11) is 0. The van der Waals surface area contributed by atoms with Gasteiger partial charge in [0.15, 0.2) is 11.0 Å². The molecular formula is C23H20FN5O2S. The van der Waals surface area contributed by atoms with Crippen molar-refractivity contribution in [3.05, 3.63) is 78.9 Å². The number of rotatable bonds is 8. The summed E-state index contributed by atoms with van der Waals surface area (Å²) in [6.07, 6.45) is 3.39. The smallest absolute Gasteiger partial charge is 0.234 e. The van der Waals surface area contributed by atoms with Gasteiger partial charge in [-0.1, -0.05) is 30.0 Å². The molecule has 0 spiro atoms. The third kappa shape index (κ3) is 4.94. The van der Waals surface area contributed by atoms with Crippen molar-refractivity contribution >= 4 is 23.4 Å². The molecule has 4 rings (SSSR count). The van der Waals surface area contributed by atoms with Crippen LogP contribution < -0.4 is 10.1 Å². The molecule has 0 fully saturated rings. The molecule has 1 N–H and O–H groups in total. The van der Waals surface area contributed by atoms with E-state index in [1.54, 1.807) is 24.5 Å². The summed E-state index contributed by atoms with van der Waals surface area (Å²) in [5.41, 5.74) is 1.93. The Bertz CT molecular complexity index is 1220. The first kappa shape index (κ1) is 21.5. The lowest BCUT2D eigenvalue weighted by Gasteiger charge is -2.14. The quantitative estimate of drug-likeness (QED) is 0.396. The van der Waals surface area contributed by atoms with Crippen molar-refractivity contribution in [2.24, 2.45) is 0 Å². The highest BCUT2D eigenvalue weighted by Crippen LogP contribution is 2.32. The lowest BCUT2D eigenvalue weighted by atomic mass is 10.2. The summed E-state index contributed by atoms with van der Waals surface area (Å²) < 4.78 is 21.0. The number of carbonyl (C=O) groups excluding carboxylic acids is 1. The molecule has 0 aliphatic rings. The number of nitrogens with one attached hydrogen (secondary N) is 1. The number of nitrogens with zero attached hydrogens (tertiary/aromatic N) is 4. The molecule has 9 heteroatoms. The van der Waals surface area contributed by atoms with E-state index in [-0.39, 0.29) is 11.7 Å². The molecule has 0 aliphatic heterocycles. The molecule has 162 valence electrons. The van der Waals surface area contributed by atoms with Gasteiger partial charge >= 0.3 is 0 Å². The maximum absolute atomic E-state index is 13.4. The third-order valence-corrected chi connectivity index (χ3v) is 5.33. The summed E-state index contributed by atoms with van der Waals surface area (Å²) in [5.74, 6) is 0.627. The minimum atomic E-state index is -0.413. The molecule has 4 aromatic rings. The van der Waals surface area contributed by atoms with Gasteiger partial charge in [-0.2, -0.15) is 0 Å². The van der Waals surface area contributed by atoms with Crippen molar-refractivity contribution in [3.8, 4) is 22.8 Å². The Morgan fingerprint density at radius 1 is 1.12 bits per heavy atom. The van der Waals surface area contributed by atoms with Gasteiger partial charge in [0.25, 0.3) is 0 Å². The van der Waals surface area contributed by atoms with Crippen LogP contribution in [-0.4, -0.2) is 38.0 Å². The zero-order valence-corrected chi connectivity index (χ0v) is 18.1. The van der Waals surface area contributed by atoms with E-state index in [1.165, 1.54) is 23.9 Å². The molecule has 0 atom stereocenters. The minimum absolute atomic E-state index is 0.0679. The number of hydrogen-bond donors (Lipinski definition) is 1. The predicted octanol–water partition coefficient (Wildman–Crippen LogP) is 4.60. The third-order valence-electron chi connectivity index (χ3n) is 4.40. The fourth-order valence-corrected chi connectivity index (χ4v) is 3.82. The molecular weight excluding hydrogens is 429 g/mol. The van der Waals surface area contributed by atoms with Crippen LogP contribution in [0.3, 0.4) is 0 Å². The van der Waals surface area contributed by atoms with E-state index in [1.807, 2.05) is 47.9 Å². The second-order valence-electron chi connectivity index (χ2n) is 6.63. The van der Waals surface area contributed by atoms with Crippen molar-refractivity contribution in [3.63, 3.8) is 0 Å². The van der Waals surface area contributed by atoms with Crippen molar-refractivity contribution < 1.29 is 13.9 Å². The normalized spacial score (nSPS) is 10.7. The Morgan fingerprint density at radius 3 is 2.78 bits per heavy atom. The molecule has 1 amide bonds. The Hall–Kier alpha value is -3.72. The van der Waals surface area contributed by atoms with E-state index >= 15 is 0 Å². The fourth-order valence-electron chi connectivity index (χ4n) is 3.08. The number of para-hydroxylation sites is 2. The lowest BCUT2D eigenvalue weighted by Crippen LogP contribution is -2.14. The number of benzene rings is 2. The highest BCUT2D eigenvalue weighted by Gasteiger charge is 2.20. The zero-order valence-electron chi connectivity index (χ0n) is 17.2. The standard InChI is InChI=1S/C23H20FN5O2S/c1-2-31-20-11-4-3-10-19(20)29-22(16-7-6-12-25-14-16)27-28-23(29)32-15-21(30)26-18-9-5-8-17(24)13-18/h3-14H,2,15H2,1H3,(H,26,30). The molecule has 2 aromatic carbocycles. The van der Waals surface area contributed by atoms with Crippen molar-refractivity contribution in [1.29, 1.82) is 0 Å². The first-order chi connectivity index (χ1) is 15.7. The molecule has 0 aliphatic carbocycles. The van der Waals surface area contributed by atoms with Gasteiger partial charge in [0.1, 0.15) is 11.6 Å². The number of amides is 1. The van der Waals surface area contributed by atoms with Gasteiger partial charge in [-0.3, -0.25) is 14.3 Å². The van der Waals surface area contributed by atoms with Crippen molar-refractivity contribution in [2.45, 2.75) is 12.1 Å². The maximum atomic E-state index is 13.4. The van der Waals surface area contributed by atoms with Gasteiger partial charge in [0.05, 0.1) is 18.0 Å². The maximum Gasteiger partial charge on any atom is 0.234 e. The summed E-state index contributed by atoms with van der Waals surface area (Å²) in [5, 5.41) is 11.9. The largest absolute Gasteiger partial charge is 0.492 e. The number of ether oxygens (including phenoxy) is 1. The van der Waals surface area contributed by atoms with Crippen LogP contribution in [0.5, 0.6) is 5.75 Å². The van der Waals surface area contributed by atoms with Gasteiger partial charge in [-0.05, 0) is 49.4 Å². The van der Waals surface area contributed by atoms with Gasteiger partial charge in [0, 0.05) is 23.6 Å². The first-order valence-corrected chi connectivity index (χ1v) is 10.9. The topological polar surface area (TPSA) is 81.9 Å². The number of hydrogen-bond acceptors (Lipinski definition) is 6. The van der Waals surface area contributed by atoms with Crippen LogP contribution in [0.1, 0.15) is 6.92 Å². The fraction of sp³-hybridized carbons (Fsp3) is 0.130. The lowest BCUT2D eigenvalue weighted by molar-refractivity contribution is -0.113. The average Bonchev–Trinajstić information content (AvgIpc) is 3.23. The number of carbonyl (C=O) groups is 1. The van der Waals surface area contributed by atoms with Crippen LogP contribution >= 0.6 is 11.8 Å². The number of pyridine rings is 1. The number of anilines is 1. The van der Waals surface area contributed by atoms with E-state index in [0.29, 0.717) is 29.0 Å². The second-order valence-corrected chi connectivity index (χ2v) is 7.57. The molecule has 0 unspecified atom stereocenters. The number of halogens is 1. The Labute approximate surface area is 188 Å². The van der Waals surface area contributed by atoms with E-state index in [4.69, 9.17) is 4.74 Å².